The van der Waals surface area contributed by atoms with E-state index < -0.39 is 0 Å². The molecular weight excluding hydrogens is 248 g/mol. The fourth-order valence-electron chi connectivity index (χ4n) is 2.13. The quantitative estimate of drug-likeness (QED) is 0.681. The summed E-state index contributed by atoms with van der Waals surface area (Å²) < 4.78 is 0. The Morgan fingerprint density at radius 1 is 1.38 bits per heavy atom. The molecule has 0 spiro atoms. The Kier molecular flexibility index (Phi) is 5.89. The maximum Gasteiger partial charge on any atom is 0.238 e. The van der Waals surface area contributed by atoms with E-state index >= 15 is 0 Å². The second-order valence-corrected chi connectivity index (χ2v) is 5.27. The lowest BCUT2D eigenvalue weighted by Crippen LogP contribution is -2.51. The number of hydrogen-bond donors (Lipinski definition) is 3. The summed E-state index contributed by atoms with van der Waals surface area (Å²) in [5.74, 6) is 1.74. The van der Waals surface area contributed by atoms with Gasteiger partial charge in [-0.15, -0.1) is 24.2 Å². The molecule has 0 radical (unpaired) electrons. The van der Waals surface area contributed by atoms with Crippen molar-refractivity contribution in [3.63, 3.8) is 0 Å². The Morgan fingerprint density at radius 2 is 2.12 bits per heavy atom. The van der Waals surface area contributed by atoms with Gasteiger partial charge in [0.05, 0.1) is 18.2 Å². The van der Waals surface area contributed by atoms with E-state index in [4.69, 9.17) is 0 Å². The SMILES string of the molecule is Cl.O=C(N[C@@H]1CCCC[C@H]1O)C1CSCN1. The summed E-state index contributed by atoms with van der Waals surface area (Å²) >= 11 is 1.74. The van der Waals surface area contributed by atoms with Gasteiger partial charge >= 0.3 is 0 Å². The molecule has 1 saturated carbocycles. The average Bonchev–Trinajstić information content (AvgIpc) is 2.74. The number of halogens is 1. The molecule has 0 aromatic heterocycles. The molecule has 6 heteroatoms. The molecule has 16 heavy (non-hydrogen) atoms. The number of aliphatic hydroxyl groups excluding tert-OH is 1. The molecule has 1 aliphatic heterocycles. The van der Waals surface area contributed by atoms with Crippen LogP contribution < -0.4 is 10.6 Å². The Hall–Kier alpha value is 0.0300. The number of rotatable bonds is 2. The van der Waals surface area contributed by atoms with E-state index in [0.29, 0.717) is 0 Å². The second-order valence-electron chi connectivity index (χ2n) is 4.24. The van der Waals surface area contributed by atoms with E-state index in [0.717, 1.165) is 37.3 Å². The van der Waals surface area contributed by atoms with Crippen LogP contribution in [0.1, 0.15) is 25.7 Å². The second kappa shape index (κ2) is 6.69. The molecule has 2 aliphatic rings. The Bertz CT molecular complexity index is 237. The number of amides is 1. The van der Waals surface area contributed by atoms with Gasteiger partial charge in [-0.2, -0.15) is 0 Å². The van der Waals surface area contributed by atoms with E-state index in [-0.39, 0.29) is 36.5 Å². The predicted molar refractivity (Wildman–Crippen MR) is 67.9 cm³/mol. The van der Waals surface area contributed by atoms with E-state index in [1.165, 1.54) is 0 Å². The number of carbonyl (C=O) groups is 1. The standard InChI is InChI=1S/C10H18N2O2S.ClH/c13-9-4-2-1-3-7(9)12-10(14)8-5-15-6-11-8;/h7-9,11,13H,1-6H2,(H,12,14);1H/t7-,8?,9-;/m1./s1. The average molecular weight is 267 g/mol. The molecule has 1 saturated heterocycles. The van der Waals surface area contributed by atoms with Crippen molar-refractivity contribution in [2.24, 2.45) is 0 Å². The van der Waals surface area contributed by atoms with Crippen molar-refractivity contribution >= 4 is 30.1 Å². The highest BCUT2D eigenvalue weighted by Crippen LogP contribution is 2.19. The molecule has 2 fully saturated rings. The molecule has 1 heterocycles. The van der Waals surface area contributed by atoms with Crippen LogP contribution in [0.3, 0.4) is 0 Å². The van der Waals surface area contributed by atoms with Gasteiger partial charge in [0.1, 0.15) is 0 Å². The topological polar surface area (TPSA) is 61.4 Å². The number of hydrogen-bond acceptors (Lipinski definition) is 4. The third-order valence-corrected chi connectivity index (χ3v) is 4.03. The van der Waals surface area contributed by atoms with Crippen molar-refractivity contribution in [1.29, 1.82) is 0 Å². The number of thioether (sulfide) groups is 1. The van der Waals surface area contributed by atoms with Crippen LogP contribution in [-0.2, 0) is 4.79 Å². The van der Waals surface area contributed by atoms with Crippen LogP contribution in [0.15, 0.2) is 0 Å². The highest BCUT2D eigenvalue weighted by molar-refractivity contribution is 7.99. The van der Waals surface area contributed by atoms with E-state index in [9.17, 15) is 9.90 Å². The maximum atomic E-state index is 11.8. The van der Waals surface area contributed by atoms with Gasteiger partial charge in [0.2, 0.25) is 5.91 Å². The molecule has 1 amide bonds. The first-order valence-electron chi connectivity index (χ1n) is 5.57. The van der Waals surface area contributed by atoms with Crippen molar-refractivity contribution in [2.45, 2.75) is 43.9 Å². The molecule has 0 aromatic rings. The Balaban J connectivity index is 0.00000128. The maximum absolute atomic E-state index is 11.8. The monoisotopic (exact) mass is 266 g/mol. The minimum absolute atomic E-state index is 0. The Labute approximate surface area is 106 Å². The summed E-state index contributed by atoms with van der Waals surface area (Å²) in [7, 11) is 0. The lowest BCUT2D eigenvalue weighted by molar-refractivity contribution is -0.124. The van der Waals surface area contributed by atoms with Gasteiger partial charge in [0, 0.05) is 11.6 Å². The third kappa shape index (κ3) is 3.52. The van der Waals surface area contributed by atoms with Gasteiger partial charge in [-0.05, 0) is 12.8 Å². The molecule has 0 aromatic carbocycles. The van der Waals surface area contributed by atoms with Crippen LogP contribution in [0.4, 0.5) is 0 Å². The summed E-state index contributed by atoms with van der Waals surface area (Å²) in [6.45, 7) is 0. The largest absolute Gasteiger partial charge is 0.391 e. The fourth-order valence-corrected chi connectivity index (χ4v) is 3.07. The zero-order valence-corrected chi connectivity index (χ0v) is 10.8. The highest BCUT2D eigenvalue weighted by Gasteiger charge is 2.28. The summed E-state index contributed by atoms with van der Waals surface area (Å²) in [5.41, 5.74) is 0. The van der Waals surface area contributed by atoms with Crippen LogP contribution in [0.2, 0.25) is 0 Å². The summed E-state index contributed by atoms with van der Waals surface area (Å²) in [4.78, 5) is 11.8. The van der Waals surface area contributed by atoms with Crippen molar-refractivity contribution < 1.29 is 9.90 Å². The van der Waals surface area contributed by atoms with Crippen molar-refractivity contribution in [3.05, 3.63) is 0 Å². The molecular formula is C10H19ClN2O2S. The zero-order valence-electron chi connectivity index (χ0n) is 9.15. The van der Waals surface area contributed by atoms with E-state index in [2.05, 4.69) is 10.6 Å². The highest BCUT2D eigenvalue weighted by atomic mass is 35.5. The summed E-state index contributed by atoms with van der Waals surface area (Å²) in [5, 5.41) is 15.8. The van der Waals surface area contributed by atoms with Gasteiger partial charge in [-0.3, -0.25) is 10.1 Å². The first kappa shape index (κ1) is 14.1. The van der Waals surface area contributed by atoms with Crippen molar-refractivity contribution in [3.8, 4) is 0 Å². The van der Waals surface area contributed by atoms with Crippen LogP contribution in [0.25, 0.3) is 0 Å². The number of aliphatic hydroxyl groups is 1. The first-order chi connectivity index (χ1) is 7.27. The molecule has 3 N–H and O–H groups in total. The fraction of sp³-hybridized carbons (Fsp3) is 0.900. The van der Waals surface area contributed by atoms with Gasteiger partial charge in [-0.1, -0.05) is 12.8 Å². The van der Waals surface area contributed by atoms with E-state index in [1.54, 1.807) is 11.8 Å². The molecule has 0 bridgehead atoms. The van der Waals surface area contributed by atoms with Crippen LogP contribution >= 0.6 is 24.2 Å². The number of nitrogens with one attached hydrogen (secondary N) is 2. The third-order valence-electron chi connectivity index (χ3n) is 3.09. The van der Waals surface area contributed by atoms with Crippen LogP contribution in [0, 0.1) is 0 Å². The minimum Gasteiger partial charge on any atom is -0.391 e. The molecule has 94 valence electrons. The van der Waals surface area contributed by atoms with Gasteiger partial charge < -0.3 is 10.4 Å². The lowest BCUT2D eigenvalue weighted by Gasteiger charge is -2.29. The molecule has 4 nitrogen and oxygen atoms in total. The van der Waals surface area contributed by atoms with Gasteiger partial charge in [0.15, 0.2) is 0 Å². The van der Waals surface area contributed by atoms with Crippen molar-refractivity contribution in [1.82, 2.24) is 10.6 Å². The zero-order chi connectivity index (χ0) is 10.7. The van der Waals surface area contributed by atoms with Crippen LogP contribution in [-0.4, -0.2) is 40.8 Å². The molecule has 2 rings (SSSR count). The van der Waals surface area contributed by atoms with Gasteiger partial charge in [-0.25, -0.2) is 0 Å². The normalized spacial score (nSPS) is 34.2. The minimum atomic E-state index is -0.350. The predicted octanol–water partition coefficient (Wildman–Crippen LogP) is 0.490. The lowest BCUT2D eigenvalue weighted by atomic mass is 9.92. The van der Waals surface area contributed by atoms with Gasteiger partial charge in [0.25, 0.3) is 0 Å². The van der Waals surface area contributed by atoms with Crippen molar-refractivity contribution in [2.75, 3.05) is 11.6 Å². The summed E-state index contributed by atoms with van der Waals surface area (Å²) in [6.07, 6.45) is 3.56. The van der Waals surface area contributed by atoms with Crippen LogP contribution in [0.5, 0.6) is 0 Å². The van der Waals surface area contributed by atoms with E-state index in [1.807, 2.05) is 0 Å². The summed E-state index contributed by atoms with van der Waals surface area (Å²) in [6, 6.07) is -0.0947. The molecule has 3 atom stereocenters. The molecule has 1 aliphatic carbocycles. The smallest absolute Gasteiger partial charge is 0.238 e. The number of carbonyl (C=O) groups excluding carboxylic acids is 1. The first-order valence-corrected chi connectivity index (χ1v) is 6.72. The Morgan fingerprint density at radius 3 is 2.75 bits per heavy atom. The molecule has 1 unspecified atom stereocenters.